The van der Waals surface area contributed by atoms with Crippen molar-refractivity contribution in [2.45, 2.75) is 25.6 Å². The van der Waals surface area contributed by atoms with Crippen molar-refractivity contribution in [3.8, 4) is 11.8 Å². The zero-order valence-electron chi connectivity index (χ0n) is 9.66. The molecule has 0 aliphatic carbocycles. The van der Waals surface area contributed by atoms with Crippen LogP contribution in [0.3, 0.4) is 0 Å². The van der Waals surface area contributed by atoms with Gasteiger partial charge in [-0.3, -0.25) is 0 Å². The van der Waals surface area contributed by atoms with E-state index in [-0.39, 0.29) is 12.4 Å². The Labute approximate surface area is 102 Å². The molecule has 1 rings (SSSR count). The maximum Gasteiger partial charge on any atom is 0.417 e. The van der Waals surface area contributed by atoms with Gasteiger partial charge < -0.3 is 9.84 Å². The predicted molar refractivity (Wildman–Crippen MR) is 58.0 cm³/mol. The van der Waals surface area contributed by atoms with Gasteiger partial charge >= 0.3 is 6.18 Å². The number of benzene rings is 1. The second-order valence-corrected chi connectivity index (χ2v) is 3.80. The normalized spacial score (nSPS) is 12.9. The van der Waals surface area contributed by atoms with Gasteiger partial charge in [-0.05, 0) is 25.1 Å². The van der Waals surface area contributed by atoms with Crippen LogP contribution in [-0.4, -0.2) is 17.8 Å². The molecule has 1 atom stereocenters. The monoisotopic (exact) mass is 259 g/mol. The van der Waals surface area contributed by atoms with Crippen molar-refractivity contribution in [1.29, 1.82) is 5.26 Å². The second kappa shape index (κ2) is 5.74. The molecule has 0 radical (unpaired) electrons. The molecule has 0 bridgehead atoms. The number of rotatable bonds is 4. The van der Waals surface area contributed by atoms with Crippen LogP contribution >= 0.6 is 0 Å². The Hall–Kier alpha value is -1.74. The fourth-order valence-electron chi connectivity index (χ4n) is 1.29. The van der Waals surface area contributed by atoms with Crippen molar-refractivity contribution in [1.82, 2.24) is 0 Å². The van der Waals surface area contributed by atoms with Crippen LogP contribution in [0.4, 0.5) is 13.2 Å². The van der Waals surface area contributed by atoms with Gasteiger partial charge in [0, 0.05) is 6.42 Å². The number of ether oxygens (including phenoxy) is 1. The molecule has 0 saturated carbocycles. The lowest BCUT2D eigenvalue weighted by Crippen LogP contribution is -2.10. The first-order valence-electron chi connectivity index (χ1n) is 5.27. The molecule has 0 fully saturated rings. The molecule has 0 spiro atoms. The van der Waals surface area contributed by atoms with Crippen LogP contribution in [0.1, 0.15) is 24.5 Å². The average Bonchev–Trinajstić information content (AvgIpc) is 2.27. The number of nitrogens with zero attached hydrogens (tertiary/aromatic N) is 1. The minimum atomic E-state index is -4.59. The van der Waals surface area contributed by atoms with E-state index in [1.54, 1.807) is 6.92 Å². The SMILES string of the molecule is C[C@H](O)CCOc1ccc(C#N)c(C(F)(F)F)c1. The number of alkyl halides is 3. The lowest BCUT2D eigenvalue weighted by atomic mass is 10.1. The van der Waals surface area contributed by atoms with Crippen LogP contribution in [0.15, 0.2) is 18.2 Å². The predicted octanol–water partition coefficient (Wildman–Crippen LogP) is 2.73. The number of halogens is 3. The van der Waals surface area contributed by atoms with E-state index < -0.39 is 23.4 Å². The van der Waals surface area contributed by atoms with Crippen molar-refractivity contribution in [2.75, 3.05) is 6.61 Å². The van der Waals surface area contributed by atoms with Crippen LogP contribution in [0.25, 0.3) is 0 Å². The zero-order chi connectivity index (χ0) is 13.8. The van der Waals surface area contributed by atoms with Gasteiger partial charge in [0.2, 0.25) is 0 Å². The highest BCUT2D eigenvalue weighted by atomic mass is 19.4. The molecule has 3 nitrogen and oxygen atoms in total. The Morgan fingerprint density at radius 1 is 1.44 bits per heavy atom. The van der Waals surface area contributed by atoms with E-state index in [2.05, 4.69) is 0 Å². The van der Waals surface area contributed by atoms with Crippen LogP contribution in [-0.2, 0) is 6.18 Å². The minimum absolute atomic E-state index is 0.0296. The summed E-state index contributed by atoms with van der Waals surface area (Å²) in [6, 6.07) is 4.65. The number of aliphatic hydroxyl groups excluding tert-OH is 1. The van der Waals surface area contributed by atoms with Gasteiger partial charge in [-0.2, -0.15) is 18.4 Å². The number of nitriles is 1. The quantitative estimate of drug-likeness (QED) is 0.904. The zero-order valence-corrected chi connectivity index (χ0v) is 9.66. The number of hydrogen-bond acceptors (Lipinski definition) is 3. The molecule has 0 aliphatic rings. The van der Waals surface area contributed by atoms with Gasteiger partial charge in [0.15, 0.2) is 0 Å². The van der Waals surface area contributed by atoms with Gasteiger partial charge in [0.1, 0.15) is 5.75 Å². The van der Waals surface area contributed by atoms with Gasteiger partial charge in [-0.15, -0.1) is 0 Å². The molecule has 0 amide bonds. The highest BCUT2D eigenvalue weighted by molar-refractivity contribution is 5.44. The molecule has 18 heavy (non-hydrogen) atoms. The molecule has 0 heterocycles. The third-order valence-electron chi connectivity index (χ3n) is 2.22. The molecular weight excluding hydrogens is 247 g/mol. The van der Waals surface area contributed by atoms with Gasteiger partial charge in [-0.25, -0.2) is 0 Å². The fraction of sp³-hybridized carbons (Fsp3) is 0.417. The Bertz CT molecular complexity index is 450. The molecule has 0 saturated heterocycles. The van der Waals surface area contributed by atoms with Gasteiger partial charge in [-0.1, -0.05) is 0 Å². The van der Waals surface area contributed by atoms with Crippen molar-refractivity contribution >= 4 is 0 Å². The molecule has 0 unspecified atom stereocenters. The third kappa shape index (κ3) is 3.93. The molecule has 1 aromatic carbocycles. The topological polar surface area (TPSA) is 53.2 Å². The fourth-order valence-corrected chi connectivity index (χ4v) is 1.29. The highest BCUT2D eigenvalue weighted by Gasteiger charge is 2.34. The summed E-state index contributed by atoms with van der Waals surface area (Å²) in [5, 5.41) is 17.6. The summed E-state index contributed by atoms with van der Waals surface area (Å²) in [6.07, 6.45) is -4.85. The van der Waals surface area contributed by atoms with E-state index >= 15 is 0 Å². The van der Waals surface area contributed by atoms with E-state index in [1.165, 1.54) is 12.1 Å². The van der Waals surface area contributed by atoms with Crippen LogP contribution in [0.5, 0.6) is 5.75 Å². The first-order chi connectivity index (χ1) is 8.34. The molecule has 1 N–H and O–H groups in total. The first-order valence-corrected chi connectivity index (χ1v) is 5.27. The largest absolute Gasteiger partial charge is 0.493 e. The molecule has 0 aromatic heterocycles. The van der Waals surface area contributed by atoms with Crippen molar-refractivity contribution in [3.63, 3.8) is 0 Å². The van der Waals surface area contributed by atoms with E-state index in [0.29, 0.717) is 6.42 Å². The molecule has 6 heteroatoms. The molecule has 0 aliphatic heterocycles. The highest BCUT2D eigenvalue weighted by Crippen LogP contribution is 2.34. The summed E-state index contributed by atoms with van der Waals surface area (Å²) in [6.45, 7) is 1.67. The Balaban J connectivity index is 2.88. The van der Waals surface area contributed by atoms with Crippen LogP contribution in [0, 0.1) is 11.3 Å². The minimum Gasteiger partial charge on any atom is -0.493 e. The number of aliphatic hydroxyl groups is 1. The van der Waals surface area contributed by atoms with E-state index in [0.717, 1.165) is 12.1 Å². The van der Waals surface area contributed by atoms with Crippen LogP contribution in [0.2, 0.25) is 0 Å². The van der Waals surface area contributed by atoms with E-state index in [1.807, 2.05) is 0 Å². The molecular formula is C12H12F3NO2. The maximum absolute atomic E-state index is 12.6. The Kier molecular flexibility index (Phi) is 4.56. The summed E-state index contributed by atoms with van der Waals surface area (Å²) < 4.78 is 42.9. The average molecular weight is 259 g/mol. The van der Waals surface area contributed by atoms with Crippen molar-refractivity contribution in [2.24, 2.45) is 0 Å². The summed E-state index contributed by atoms with van der Waals surface area (Å²) in [4.78, 5) is 0. The Morgan fingerprint density at radius 2 is 2.11 bits per heavy atom. The first kappa shape index (κ1) is 14.3. The smallest absolute Gasteiger partial charge is 0.417 e. The van der Waals surface area contributed by atoms with Gasteiger partial charge in [0.25, 0.3) is 0 Å². The summed E-state index contributed by atoms with van der Waals surface area (Å²) in [5.41, 5.74) is -1.45. The molecule has 98 valence electrons. The van der Waals surface area contributed by atoms with E-state index in [9.17, 15) is 13.2 Å². The lowest BCUT2D eigenvalue weighted by Gasteiger charge is -2.12. The Morgan fingerprint density at radius 3 is 2.61 bits per heavy atom. The summed E-state index contributed by atoms with van der Waals surface area (Å²) in [5.74, 6) is 0.0296. The van der Waals surface area contributed by atoms with Crippen molar-refractivity contribution < 1.29 is 23.0 Å². The summed E-state index contributed by atoms with van der Waals surface area (Å²) in [7, 11) is 0. The van der Waals surface area contributed by atoms with Gasteiger partial charge in [0.05, 0.1) is 29.9 Å². The maximum atomic E-state index is 12.6. The second-order valence-electron chi connectivity index (χ2n) is 3.80. The summed E-state index contributed by atoms with van der Waals surface area (Å²) >= 11 is 0. The van der Waals surface area contributed by atoms with Crippen molar-refractivity contribution in [3.05, 3.63) is 29.3 Å². The van der Waals surface area contributed by atoms with E-state index in [4.69, 9.17) is 15.1 Å². The van der Waals surface area contributed by atoms with Crippen LogP contribution < -0.4 is 4.74 Å². The number of hydrogen-bond donors (Lipinski definition) is 1. The molecule has 1 aromatic rings. The lowest BCUT2D eigenvalue weighted by molar-refractivity contribution is -0.137. The standard InChI is InChI=1S/C12H12F3NO2/c1-8(17)4-5-18-10-3-2-9(7-16)11(6-10)12(13,14)15/h2-3,6,8,17H,4-5H2,1H3/t8-/m0/s1. The third-order valence-corrected chi connectivity index (χ3v) is 2.22.